The van der Waals surface area contributed by atoms with Crippen LogP contribution in [-0.4, -0.2) is 27.7 Å². The molecule has 22 heavy (non-hydrogen) atoms. The van der Waals surface area contributed by atoms with Crippen molar-refractivity contribution in [1.29, 1.82) is 0 Å². The van der Waals surface area contributed by atoms with E-state index in [1.54, 1.807) is 17.0 Å². The summed E-state index contributed by atoms with van der Waals surface area (Å²) in [5.41, 5.74) is 0.830. The molecule has 0 radical (unpaired) electrons. The molecule has 0 saturated carbocycles. The predicted octanol–water partition coefficient (Wildman–Crippen LogP) is 2.50. The monoisotopic (exact) mass is 306 g/mol. The van der Waals surface area contributed by atoms with Gasteiger partial charge in [0, 0.05) is 19.5 Å². The van der Waals surface area contributed by atoms with Gasteiger partial charge in [-0.25, -0.2) is 9.18 Å². The average molecular weight is 306 g/mol. The highest BCUT2D eigenvalue weighted by molar-refractivity contribution is 5.74. The normalized spacial score (nSPS) is 10.5. The first kappa shape index (κ1) is 15.9. The molecule has 0 spiro atoms. The van der Waals surface area contributed by atoms with Gasteiger partial charge in [-0.15, -0.1) is 10.2 Å². The third-order valence-electron chi connectivity index (χ3n) is 3.16. The van der Waals surface area contributed by atoms with Crippen molar-refractivity contribution in [2.45, 2.75) is 33.4 Å². The number of hydrogen-bond acceptors (Lipinski definition) is 4. The van der Waals surface area contributed by atoms with Crippen LogP contribution < -0.4 is 5.32 Å². The maximum Gasteiger partial charge on any atom is 0.318 e. The van der Waals surface area contributed by atoms with Gasteiger partial charge in [0.15, 0.2) is 0 Å². The molecule has 0 aliphatic rings. The van der Waals surface area contributed by atoms with Crippen molar-refractivity contribution in [2.75, 3.05) is 6.54 Å². The van der Waals surface area contributed by atoms with Crippen LogP contribution in [0.5, 0.6) is 0 Å². The molecule has 0 atom stereocenters. The molecule has 2 amide bonds. The first-order valence-corrected chi connectivity index (χ1v) is 7.20. The van der Waals surface area contributed by atoms with E-state index in [-0.39, 0.29) is 18.4 Å². The smallest absolute Gasteiger partial charge is 0.318 e. The van der Waals surface area contributed by atoms with E-state index in [0.29, 0.717) is 31.3 Å². The number of amides is 2. The predicted molar refractivity (Wildman–Crippen MR) is 78.4 cm³/mol. The van der Waals surface area contributed by atoms with Crippen LogP contribution in [0.3, 0.4) is 0 Å². The zero-order valence-electron chi connectivity index (χ0n) is 12.7. The molecular weight excluding hydrogens is 287 g/mol. The van der Waals surface area contributed by atoms with Gasteiger partial charge in [-0.05, 0) is 24.6 Å². The number of halogens is 1. The molecular formula is C15H19FN4O2. The number of carbonyl (C=O) groups excluding carboxylic acids is 1. The highest BCUT2D eigenvalue weighted by atomic mass is 19.1. The number of aromatic nitrogens is 2. The molecule has 1 heterocycles. The van der Waals surface area contributed by atoms with Gasteiger partial charge in [0.1, 0.15) is 12.4 Å². The van der Waals surface area contributed by atoms with Crippen LogP contribution in [0.2, 0.25) is 0 Å². The van der Waals surface area contributed by atoms with E-state index in [4.69, 9.17) is 4.42 Å². The maximum atomic E-state index is 12.8. The lowest BCUT2D eigenvalue weighted by atomic mass is 10.2. The van der Waals surface area contributed by atoms with Crippen molar-refractivity contribution >= 4 is 6.03 Å². The molecule has 0 bridgehead atoms. The van der Waals surface area contributed by atoms with Gasteiger partial charge < -0.3 is 14.6 Å². The highest BCUT2D eigenvalue weighted by Crippen LogP contribution is 2.06. The number of aryl methyl sites for hydroxylation is 1. The second-order valence-electron chi connectivity index (χ2n) is 4.74. The molecule has 0 aliphatic heterocycles. The van der Waals surface area contributed by atoms with Crippen LogP contribution in [0.25, 0.3) is 0 Å². The van der Waals surface area contributed by atoms with Gasteiger partial charge in [-0.3, -0.25) is 0 Å². The number of benzene rings is 1. The van der Waals surface area contributed by atoms with E-state index >= 15 is 0 Å². The van der Waals surface area contributed by atoms with Gasteiger partial charge >= 0.3 is 6.03 Å². The molecule has 118 valence electrons. The summed E-state index contributed by atoms with van der Waals surface area (Å²) in [6.45, 7) is 4.90. The molecule has 2 rings (SSSR count). The van der Waals surface area contributed by atoms with Gasteiger partial charge in [-0.1, -0.05) is 19.1 Å². The van der Waals surface area contributed by atoms with Crippen molar-refractivity contribution < 1.29 is 13.6 Å². The number of urea groups is 1. The minimum absolute atomic E-state index is 0.233. The Balaban J connectivity index is 1.89. The molecule has 1 aromatic carbocycles. The Labute approximate surface area is 128 Å². The van der Waals surface area contributed by atoms with Crippen LogP contribution in [0, 0.1) is 5.82 Å². The fraction of sp³-hybridized carbons (Fsp3) is 0.400. The first-order chi connectivity index (χ1) is 10.6. The first-order valence-electron chi connectivity index (χ1n) is 7.20. The largest absolute Gasteiger partial charge is 0.423 e. The molecule has 1 N–H and O–H groups in total. The van der Waals surface area contributed by atoms with E-state index in [9.17, 15) is 9.18 Å². The molecule has 6 nitrogen and oxygen atoms in total. The Morgan fingerprint density at radius 3 is 2.50 bits per heavy atom. The van der Waals surface area contributed by atoms with Gasteiger partial charge in [-0.2, -0.15) is 0 Å². The van der Waals surface area contributed by atoms with Crippen molar-refractivity contribution in [3.8, 4) is 0 Å². The summed E-state index contributed by atoms with van der Waals surface area (Å²) in [7, 11) is 0. The quantitative estimate of drug-likeness (QED) is 0.890. The average Bonchev–Trinajstić information content (AvgIpc) is 2.99. The Morgan fingerprint density at radius 2 is 1.91 bits per heavy atom. The van der Waals surface area contributed by atoms with Gasteiger partial charge in [0.05, 0.1) is 0 Å². The Bertz CT molecular complexity index is 612. The van der Waals surface area contributed by atoms with Crippen molar-refractivity contribution in [3.63, 3.8) is 0 Å². The van der Waals surface area contributed by atoms with E-state index < -0.39 is 0 Å². The molecule has 2 aromatic rings. The SMILES string of the molecule is CCc1nnc(CN(CC)C(=O)NCc2ccc(F)cc2)o1. The van der Waals surface area contributed by atoms with E-state index in [2.05, 4.69) is 15.5 Å². The summed E-state index contributed by atoms with van der Waals surface area (Å²) >= 11 is 0. The number of carbonyl (C=O) groups is 1. The second-order valence-corrected chi connectivity index (χ2v) is 4.74. The van der Waals surface area contributed by atoms with Crippen molar-refractivity contribution in [1.82, 2.24) is 20.4 Å². The van der Waals surface area contributed by atoms with Crippen molar-refractivity contribution in [3.05, 3.63) is 47.4 Å². The van der Waals surface area contributed by atoms with Crippen LogP contribution in [0.15, 0.2) is 28.7 Å². The van der Waals surface area contributed by atoms with Crippen molar-refractivity contribution in [2.24, 2.45) is 0 Å². The standard InChI is InChI=1S/C15H19FN4O2/c1-3-13-18-19-14(22-13)10-20(4-2)15(21)17-9-11-5-7-12(16)8-6-11/h5-8H,3-4,9-10H2,1-2H3,(H,17,21). The lowest BCUT2D eigenvalue weighted by Gasteiger charge is -2.19. The molecule has 7 heteroatoms. The van der Waals surface area contributed by atoms with Crippen LogP contribution in [0.1, 0.15) is 31.2 Å². The third kappa shape index (κ3) is 4.28. The topological polar surface area (TPSA) is 71.3 Å². The van der Waals surface area contributed by atoms with E-state index in [0.717, 1.165) is 5.56 Å². The third-order valence-corrected chi connectivity index (χ3v) is 3.16. The molecule has 0 unspecified atom stereocenters. The summed E-state index contributed by atoms with van der Waals surface area (Å²) < 4.78 is 18.2. The van der Waals surface area contributed by atoms with Gasteiger partial charge in [0.25, 0.3) is 0 Å². The zero-order chi connectivity index (χ0) is 15.9. The summed E-state index contributed by atoms with van der Waals surface area (Å²) in [6, 6.07) is 5.77. The molecule has 0 saturated heterocycles. The Kier molecular flexibility index (Phi) is 5.46. The summed E-state index contributed by atoms with van der Waals surface area (Å²) in [5, 5.41) is 10.6. The van der Waals surface area contributed by atoms with E-state index in [1.165, 1.54) is 12.1 Å². The van der Waals surface area contributed by atoms with Crippen LogP contribution >= 0.6 is 0 Å². The zero-order valence-corrected chi connectivity index (χ0v) is 12.7. The highest BCUT2D eigenvalue weighted by Gasteiger charge is 2.15. The number of nitrogens with one attached hydrogen (secondary N) is 1. The summed E-state index contributed by atoms with van der Waals surface area (Å²) in [6.07, 6.45) is 0.663. The Hall–Kier alpha value is -2.44. The maximum absolute atomic E-state index is 12.8. The van der Waals surface area contributed by atoms with Crippen LogP contribution in [0.4, 0.5) is 9.18 Å². The van der Waals surface area contributed by atoms with Crippen LogP contribution in [-0.2, 0) is 19.5 Å². The van der Waals surface area contributed by atoms with Gasteiger partial charge in [0.2, 0.25) is 11.8 Å². The molecule has 1 aromatic heterocycles. The lowest BCUT2D eigenvalue weighted by molar-refractivity contribution is 0.191. The minimum Gasteiger partial charge on any atom is -0.423 e. The lowest BCUT2D eigenvalue weighted by Crippen LogP contribution is -2.39. The van der Waals surface area contributed by atoms with E-state index in [1.807, 2.05) is 13.8 Å². The fourth-order valence-corrected chi connectivity index (χ4v) is 1.88. The minimum atomic E-state index is -0.298. The second kappa shape index (κ2) is 7.53. The molecule has 0 aliphatic carbocycles. The number of nitrogens with zero attached hydrogens (tertiary/aromatic N) is 3. The molecule has 0 fully saturated rings. The summed E-state index contributed by atoms with van der Waals surface area (Å²) in [4.78, 5) is 13.7. The summed E-state index contributed by atoms with van der Waals surface area (Å²) in [5.74, 6) is 0.668. The Morgan fingerprint density at radius 1 is 1.23 bits per heavy atom. The number of rotatable bonds is 6. The fourth-order valence-electron chi connectivity index (χ4n) is 1.88. The number of hydrogen-bond donors (Lipinski definition) is 1.